The SMILES string of the molecule is Cc1cc(F)c(S(=O)(=O)C(F)(F)C(F)(F)S(=O)(=O)O)cc1F. The van der Waals surface area contributed by atoms with Gasteiger partial charge in [0.2, 0.25) is 0 Å². The van der Waals surface area contributed by atoms with Gasteiger partial charge >= 0.3 is 20.6 Å². The van der Waals surface area contributed by atoms with Crippen LogP contribution in [0.4, 0.5) is 26.3 Å². The van der Waals surface area contributed by atoms with Gasteiger partial charge in [0.25, 0.3) is 9.84 Å². The molecule has 1 aromatic rings. The molecule has 126 valence electrons. The molecule has 0 aliphatic rings. The largest absolute Gasteiger partial charge is 0.447 e. The molecule has 0 aliphatic heterocycles. The first-order chi connectivity index (χ1) is 9.57. The van der Waals surface area contributed by atoms with Gasteiger partial charge in [0.05, 0.1) is 0 Å². The topological polar surface area (TPSA) is 88.5 Å². The van der Waals surface area contributed by atoms with Crippen LogP contribution in [0.2, 0.25) is 0 Å². The number of halogens is 6. The van der Waals surface area contributed by atoms with E-state index < -0.39 is 52.6 Å². The normalized spacial score (nSPS) is 14.2. The molecule has 0 radical (unpaired) electrons. The van der Waals surface area contributed by atoms with Crippen LogP contribution >= 0.6 is 0 Å². The first-order valence-electron chi connectivity index (χ1n) is 5.00. The van der Waals surface area contributed by atoms with E-state index in [4.69, 9.17) is 4.55 Å². The summed E-state index contributed by atoms with van der Waals surface area (Å²) < 4.78 is 131. The fraction of sp³-hybridized carbons (Fsp3) is 0.333. The first kappa shape index (κ1) is 18.7. The molecule has 0 unspecified atom stereocenters. The minimum absolute atomic E-state index is 0.143. The van der Waals surface area contributed by atoms with Gasteiger partial charge in [-0.1, -0.05) is 0 Å². The van der Waals surface area contributed by atoms with E-state index in [0.717, 1.165) is 6.92 Å². The quantitative estimate of drug-likeness (QED) is 0.646. The van der Waals surface area contributed by atoms with Crippen molar-refractivity contribution >= 4 is 20.0 Å². The maximum atomic E-state index is 13.4. The van der Waals surface area contributed by atoms with Crippen LogP contribution in [0.1, 0.15) is 5.56 Å². The minimum atomic E-state index is -6.86. The van der Waals surface area contributed by atoms with E-state index in [0.29, 0.717) is 0 Å². The van der Waals surface area contributed by atoms with Crippen LogP contribution in [-0.4, -0.2) is 31.9 Å². The summed E-state index contributed by atoms with van der Waals surface area (Å²) in [6.45, 7) is 0.930. The monoisotopic (exact) mass is 372 g/mol. The molecule has 0 atom stereocenters. The third-order valence-corrected chi connectivity index (χ3v) is 5.36. The first-order valence-corrected chi connectivity index (χ1v) is 7.92. The van der Waals surface area contributed by atoms with Gasteiger partial charge in [-0.3, -0.25) is 4.55 Å². The zero-order chi connectivity index (χ0) is 17.7. The van der Waals surface area contributed by atoms with E-state index in [-0.39, 0.29) is 12.1 Å². The van der Waals surface area contributed by atoms with Crippen LogP contribution in [0, 0.1) is 18.6 Å². The van der Waals surface area contributed by atoms with E-state index in [2.05, 4.69) is 0 Å². The molecule has 13 heteroatoms. The van der Waals surface area contributed by atoms with E-state index in [1.807, 2.05) is 0 Å². The maximum Gasteiger partial charge on any atom is 0.447 e. The Kier molecular flexibility index (Phi) is 4.33. The van der Waals surface area contributed by atoms with Crippen LogP contribution in [0.3, 0.4) is 0 Å². The molecule has 1 rings (SSSR count). The molecule has 0 heterocycles. The number of aryl methyl sites for hydroxylation is 1. The lowest BCUT2D eigenvalue weighted by molar-refractivity contribution is -0.101. The van der Waals surface area contributed by atoms with Crippen LogP contribution in [0.5, 0.6) is 0 Å². The van der Waals surface area contributed by atoms with Crippen LogP contribution in [0.15, 0.2) is 17.0 Å². The Hall–Kier alpha value is -1.34. The summed E-state index contributed by atoms with van der Waals surface area (Å²) in [5, 5.41) is -12.9. The van der Waals surface area contributed by atoms with Gasteiger partial charge in [-0.05, 0) is 24.6 Å². The molecule has 0 saturated carbocycles. The fourth-order valence-corrected chi connectivity index (χ4v) is 3.39. The van der Waals surface area contributed by atoms with Crippen molar-refractivity contribution < 1.29 is 47.7 Å². The molecule has 0 bridgehead atoms. The lowest BCUT2D eigenvalue weighted by Crippen LogP contribution is -2.51. The molecular weight excluding hydrogens is 366 g/mol. The van der Waals surface area contributed by atoms with Crippen molar-refractivity contribution in [2.75, 3.05) is 0 Å². The molecule has 1 N–H and O–H groups in total. The number of hydrogen-bond donors (Lipinski definition) is 1. The van der Waals surface area contributed by atoms with Crippen molar-refractivity contribution in [1.82, 2.24) is 0 Å². The van der Waals surface area contributed by atoms with Crippen LogP contribution in [0.25, 0.3) is 0 Å². The predicted molar refractivity (Wildman–Crippen MR) is 59.7 cm³/mol. The van der Waals surface area contributed by atoms with Crippen molar-refractivity contribution in [1.29, 1.82) is 0 Å². The van der Waals surface area contributed by atoms with E-state index >= 15 is 0 Å². The van der Waals surface area contributed by atoms with Crippen LogP contribution in [-0.2, 0) is 20.0 Å². The Morgan fingerprint density at radius 2 is 1.36 bits per heavy atom. The third-order valence-electron chi connectivity index (χ3n) is 2.50. The highest BCUT2D eigenvalue weighted by atomic mass is 32.2. The summed E-state index contributed by atoms with van der Waals surface area (Å²) in [5.74, 6) is -3.50. The second kappa shape index (κ2) is 5.09. The number of alkyl halides is 4. The molecule has 0 fully saturated rings. The van der Waals surface area contributed by atoms with Crippen molar-refractivity contribution in [3.8, 4) is 0 Å². The molecule has 0 amide bonds. The van der Waals surface area contributed by atoms with Crippen molar-refractivity contribution in [2.45, 2.75) is 22.3 Å². The molecule has 0 spiro atoms. The second-order valence-corrected chi connectivity index (χ2v) is 7.47. The Morgan fingerprint density at radius 3 is 1.77 bits per heavy atom. The smallest absolute Gasteiger partial charge is 0.281 e. The molecule has 22 heavy (non-hydrogen) atoms. The van der Waals surface area contributed by atoms with Gasteiger partial charge in [0.1, 0.15) is 16.5 Å². The van der Waals surface area contributed by atoms with Gasteiger partial charge in [0.15, 0.2) is 0 Å². The van der Waals surface area contributed by atoms with Crippen LogP contribution < -0.4 is 0 Å². The summed E-state index contributed by atoms with van der Waals surface area (Å²) in [6.07, 6.45) is 0. The molecule has 0 aromatic heterocycles. The highest BCUT2D eigenvalue weighted by Gasteiger charge is 2.73. The summed E-state index contributed by atoms with van der Waals surface area (Å²) in [7, 11) is -13.5. The van der Waals surface area contributed by atoms with E-state index in [1.54, 1.807) is 0 Å². The van der Waals surface area contributed by atoms with Gasteiger partial charge in [-0.25, -0.2) is 17.2 Å². The van der Waals surface area contributed by atoms with E-state index in [9.17, 15) is 43.2 Å². The molecule has 0 saturated heterocycles. The van der Waals surface area contributed by atoms with Gasteiger partial charge in [0, 0.05) is 0 Å². The number of sulfone groups is 1. The molecular formula is C9H6F6O5S2. The Labute approximate surface area is 120 Å². The predicted octanol–water partition coefficient (Wildman–Crippen LogP) is 2.12. The lowest BCUT2D eigenvalue weighted by Gasteiger charge is -2.23. The Morgan fingerprint density at radius 1 is 0.909 bits per heavy atom. The molecule has 1 aromatic carbocycles. The molecule has 0 aliphatic carbocycles. The standard InChI is InChI=1S/C9H6F6O5S2/c1-4-2-6(11)7(3-5(4)10)21(16,17)8(12,13)9(14,15)22(18,19)20/h2-3H,1H3,(H,18,19,20). The number of hydrogen-bond acceptors (Lipinski definition) is 4. The van der Waals surface area contributed by atoms with Crippen molar-refractivity contribution in [2.24, 2.45) is 0 Å². The second-order valence-electron chi connectivity index (χ2n) is 4.04. The summed E-state index contributed by atoms with van der Waals surface area (Å²) in [6, 6.07) is -0.155. The van der Waals surface area contributed by atoms with Gasteiger partial charge < -0.3 is 0 Å². The average molecular weight is 372 g/mol. The molecule has 5 nitrogen and oxygen atoms in total. The highest BCUT2D eigenvalue weighted by molar-refractivity contribution is 7.94. The summed E-state index contributed by atoms with van der Waals surface area (Å²) in [4.78, 5) is -2.18. The number of benzene rings is 1. The zero-order valence-corrected chi connectivity index (χ0v) is 12.0. The van der Waals surface area contributed by atoms with Gasteiger partial charge in [-0.15, -0.1) is 0 Å². The van der Waals surface area contributed by atoms with E-state index in [1.165, 1.54) is 0 Å². The maximum absolute atomic E-state index is 13.4. The lowest BCUT2D eigenvalue weighted by atomic mass is 10.2. The summed E-state index contributed by atoms with van der Waals surface area (Å²) >= 11 is 0. The van der Waals surface area contributed by atoms with Gasteiger partial charge in [-0.2, -0.15) is 26.0 Å². The Bertz CT molecular complexity index is 815. The van der Waals surface area contributed by atoms with Crippen molar-refractivity contribution in [3.05, 3.63) is 29.3 Å². The van der Waals surface area contributed by atoms with Crippen molar-refractivity contribution in [3.63, 3.8) is 0 Å². The zero-order valence-electron chi connectivity index (χ0n) is 10.3. The third kappa shape index (κ3) is 2.56. The average Bonchev–Trinajstić information content (AvgIpc) is 2.31. The minimum Gasteiger partial charge on any atom is -0.281 e. The number of rotatable bonds is 4. The highest BCUT2D eigenvalue weighted by Crippen LogP contribution is 2.45. The Balaban J connectivity index is 3.71. The summed E-state index contributed by atoms with van der Waals surface area (Å²) in [5.41, 5.74) is -0.513. The fourth-order valence-electron chi connectivity index (χ4n) is 1.28.